The van der Waals surface area contributed by atoms with Gasteiger partial charge in [-0.3, -0.25) is 4.79 Å². The number of hydrogen-bond donors (Lipinski definition) is 1. The number of aromatic amines is 1. The summed E-state index contributed by atoms with van der Waals surface area (Å²) in [7, 11) is 0. The molecule has 2 rings (SSSR count). The van der Waals surface area contributed by atoms with E-state index in [2.05, 4.69) is 11.1 Å². The van der Waals surface area contributed by atoms with Crippen LogP contribution >= 0.6 is 11.8 Å². The molecule has 0 amide bonds. The minimum Gasteiger partial charge on any atom is -0.326 e. The largest absolute Gasteiger partial charge is 0.326 e. The zero-order valence-corrected chi connectivity index (χ0v) is 7.83. The molecule has 0 aromatic carbocycles. The lowest BCUT2D eigenvalue weighted by Crippen LogP contribution is -2.19. The quantitative estimate of drug-likeness (QED) is 0.657. The van der Waals surface area contributed by atoms with Crippen molar-refractivity contribution in [2.75, 3.05) is 5.75 Å². The number of pyridine rings is 1. The number of fused-ring (bicyclic) bond motifs is 1. The van der Waals surface area contributed by atoms with E-state index in [9.17, 15) is 4.79 Å². The molecule has 64 valence electrons. The average Bonchev–Trinajstić information content (AvgIpc) is 2.04. The van der Waals surface area contributed by atoms with Gasteiger partial charge >= 0.3 is 0 Å². The number of aromatic nitrogens is 1. The van der Waals surface area contributed by atoms with Gasteiger partial charge in [0.05, 0.1) is 0 Å². The first kappa shape index (κ1) is 7.92. The summed E-state index contributed by atoms with van der Waals surface area (Å²) in [5, 5.41) is 0. The molecule has 0 saturated heterocycles. The number of hydrogen-bond acceptors (Lipinski definition) is 2. The lowest BCUT2D eigenvalue weighted by molar-refractivity contribution is 1.00. The highest BCUT2D eigenvalue weighted by molar-refractivity contribution is 7.98. The van der Waals surface area contributed by atoms with Gasteiger partial charge in [0.25, 0.3) is 5.56 Å². The second-order valence-electron chi connectivity index (χ2n) is 3.09. The maximum atomic E-state index is 11.4. The maximum absolute atomic E-state index is 11.4. The third-order valence-electron chi connectivity index (χ3n) is 2.13. The first-order valence-corrected chi connectivity index (χ1v) is 5.22. The van der Waals surface area contributed by atoms with Crippen LogP contribution in [0.15, 0.2) is 10.9 Å². The SMILES string of the molecule is Cc1cc2c(c(=O)[nH]1)CSCC2. The summed E-state index contributed by atoms with van der Waals surface area (Å²) in [5.74, 6) is 2.03. The van der Waals surface area contributed by atoms with E-state index in [-0.39, 0.29) is 5.56 Å². The molecule has 0 unspecified atom stereocenters. The molecule has 1 aromatic heterocycles. The number of H-pyrrole nitrogens is 1. The van der Waals surface area contributed by atoms with E-state index in [0.717, 1.165) is 29.2 Å². The summed E-state index contributed by atoms with van der Waals surface area (Å²) >= 11 is 1.84. The fourth-order valence-electron chi connectivity index (χ4n) is 1.52. The van der Waals surface area contributed by atoms with Gasteiger partial charge in [-0.15, -0.1) is 0 Å². The lowest BCUT2D eigenvalue weighted by atomic mass is 10.1. The van der Waals surface area contributed by atoms with Gasteiger partial charge in [0.15, 0.2) is 0 Å². The van der Waals surface area contributed by atoms with Crippen LogP contribution in [-0.2, 0) is 12.2 Å². The molecular weight excluding hydrogens is 170 g/mol. The highest BCUT2D eigenvalue weighted by Gasteiger charge is 2.12. The van der Waals surface area contributed by atoms with Crippen molar-refractivity contribution < 1.29 is 0 Å². The van der Waals surface area contributed by atoms with Crippen molar-refractivity contribution in [3.63, 3.8) is 0 Å². The molecule has 2 nitrogen and oxygen atoms in total. The molecule has 1 aliphatic heterocycles. The zero-order valence-electron chi connectivity index (χ0n) is 7.02. The van der Waals surface area contributed by atoms with Crippen LogP contribution in [0.5, 0.6) is 0 Å². The molecule has 0 bridgehead atoms. The van der Waals surface area contributed by atoms with E-state index < -0.39 is 0 Å². The number of nitrogens with one attached hydrogen (secondary N) is 1. The average molecular weight is 181 g/mol. The van der Waals surface area contributed by atoms with Crippen molar-refractivity contribution in [1.82, 2.24) is 4.98 Å². The first-order chi connectivity index (χ1) is 5.77. The molecule has 0 fully saturated rings. The predicted molar refractivity (Wildman–Crippen MR) is 51.7 cm³/mol. The Kier molecular flexibility index (Phi) is 1.97. The van der Waals surface area contributed by atoms with Gasteiger partial charge in [-0.1, -0.05) is 0 Å². The molecular formula is C9H11NOS. The Morgan fingerprint density at radius 2 is 2.42 bits per heavy atom. The van der Waals surface area contributed by atoms with Crippen molar-refractivity contribution in [2.45, 2.75) is 19.1 Å². The number of aryl methyl sites for hydroxylation is 2. The Hall–Kier alpha value is -0.700. The molecule has 2 heterocycles. The number of thioether (sulfide) groups is 1. The molecule has 1 N–H and O–H groups in total. The van der Waals surface area contributed by atoms with Gasteiger partial charge in [0, 0.05) is 17.0 Å². The van der Waals surface area contributed by atoms with Crippen molar-refractivity contribution in [2.24, 2.45) is 0 Å². The van der Waals surface area contributed by atoms with E-state index in [1.165, 1.54) is 5.56 Å². The van der Waals surface area contributed by atoms with Crippen LogP contribution in [0.25, 0.3) is 0 Å². The highest BCUT2D eigenvalue weighted by atomic mass is 32.2. The lowest BCUT2D eigenvalue weighted by Gasteiger charge is -2.14. The van der Waals surface area contributed by atoms with Gasteiger partial charge in [-0.25, -0.2) is 0 Å². The van der Waals surface area contributed by atoms with Crippen LogP contribution in [0.3, 0.4) is 0 Å². The van der Waals surface area contributed by atoms with Crippen LogP contribution in [0.2, 0.25) is 0 Å². The smallest absolute Gasteiger partial charge is 0.252 e. The van der Waals surface area contributed by atoms with Gasteiger partial charge < -0.3 is 4.98 Å². The fraction of sp³-hybridized carbons (Fsp3) is 0.444. The van der Waals surface area contributed by atoms with Gasteiger partial charge in [0.1, 0.15) is 0 Å². The molecule has 1 aromatic rings. The molecule has 1 aliphatic rings. The molecule has 0 atom stereocenters. The van der Waals surface area contributed by atoms with Gasteiger partial charge in [0.2, 0.25) is 0 Å². The minimum absolute atomic E-state index is 0.109. The molecule has 0 aliphatic carbocycles. The summed E-state index contributed by atoms with van der Waals surface area (Å²) in [6.45, 7) is 1.93. The third-order valence-corrected chi connectivity index (χ3v) is 3.11. The van der Waals surface area contributed by atoms with Gasteiger partial charge in [-0.05, 0) is 30.7 Å². The van der Waals surface area contributed by atoms with E-state index in [1.54, 1.807) is 0 Å². The summed E-state index contributed by atoms with van der Waals surface area (Å²) in [5.41, 5.74) is 3.31. The molecule has 0 saturated carbocycles. The van der Waals surface area contributed by atoms with Crippen molar-refractivity contribution in [1.29, 1.82) is 0 Å². The van der Waals surface area contributed by atoms with E-state index in [1.807, 2.05) is 18.7 Å². The van der Waals surface area contributed by atoms with Crippen molar-refractivity contribution in [3.8, 4) is 0 Å². The summed E-state index contributed by atoms with van der Waals surface area (Å²) < 4.78 is 0. The Morgan fingerprint density at radius 3 is 3.25 bits per heavy atom. The first-order valence-electron chi connectivity index (χ1n) is 4.07. The predicted octanol–water partition coefficient (Wildman–Crippen LogP) is 1.47. The summed E-state index contributed by atoms with van der Waals surface area (Å²) in [4.78, 5) is 14.2. The standard InChI is InChI=1S/C9H11NOS/c1-6-4-7-2-3-12-5-8(7)9(11)10-6/h4H,2-3,5H2,1H3,(H,10,11). The molecule has 0 spiro atoms. The van der Waals surface area contributed by atoms with Crippen LogP contribution < -0.4 is 5.56 Å². The third kappa shape index (κ3) is 1.29. The fourth-order valence-corrected chi connectivity index (χ4v) is 2.55. The van der Waals surface area contributed by atoms with E-state index in [0.29, 0.717) is 0 Å². The summed E-state index contributed by atoms with van der Waals surface area (Å²) in [6.07, 6.45) is 1.05. The van der Waals surface area contributed by atoms with Crippen molar-refractivity contribution in [3.05, 3.63) is 33.2 Å². The van der Waals surface area contributed by atoms with Crippen LogP contribution in [-0.4, -0.2) is 10.7 Å². The van der Waals surface area contributed by atoms with Gasteiger partial charge in [-0.2, -0.15) is 11.8 Å². The monoisotopic (exact) mass is 181 g/mol. The molecule has 0 radical (unpaired) electrons. The second-order valence-corrected chi connectivity index (χ2v) is 4.19. The maximum Gasteiger partial charge on any atom is 0.252 e. The second kappa shape index (κ2) is 2.98. The highest BCUT2D eigenvalue weighted by Crippen LogP contribution is 2.21. The summed E-state index contributed by atoms with van der Waals surface area (Å²) in [6, 6.07) is 2.09. The topological polar surface area (TPSA) is 32.9 Å². The Morgan fingerprint density at radius 1 is 1.58 bits per heavy atom. The zero-order chi connectivity index (χ0) is 8.55. The number of rotatable bonds is 0. The van der Waals surface area contributed by atoms with Crippen LogP contribution in [0, 0.1) is 6.92 Å². The normalized spacial score (nSPS) is 15.8. The Labute approximate surface area is 75.4 Å². The van der Waals surface area contributed by atoms with Crippen molar-refractivity contribution >= 4 is 11.8 Å². The van der Waals surface area contributed by atoms with E-state index in [4.69, 9.17) is 0 Å². The molecule has 3 heteroatoms. The minimum atomic E-state index is 0.109. The molecule has 12 heavy (non-hydrogen) atoms. The van der Waals surface area contributed by atoms with Crippen LogP contribution in [0.1, 0.15) is 16.8 Å². The Bertz CT molecular complexity index is 356. The van der Waals surface area contributed by atoms with E-state index >= 15 is 0 Å². The Balaban J connectivity index is 2.60. The van der Waals surface area contributed by atoms with Crippen LogP contribution in [0.4, 0.5) is 0 Å².